The van der Waals surface area contributed by atoms with Gasteiger partial charge in [-0.2, -0.15) is 0 Å². The van der Waals surface area contributed by atoms with Gasteiger partial charge in [0.1, 0.15) is 4.21 Å². The first-order valence-corrected chi connectivity index (χ1v) is 9.14. The number of hydrogen-bond acceptors (Lipinski definition) is 4. The van der Waals surface area contributed by atoms with Crippen LogP contribution in [0.1, 0.15) is 15.2 Å². The van der Waals surface area contributed by atoms with Crippen molar-refractivity contribution in [2.75, 3.05) is 7.05 Å². The lowest BCUT2D eigenvalue weighted by atomic mass is 10.2. The first-order chi connectivity index (χ1) is 10.3. The quantitative estimate of drug-likeness (QED) is 0.839. The van der Waals surface area contributed by atoms with Crippen LogP contribution in [-0.4, -0.2) is 21.4 Å². The maximum atomic E-state index is 12.0. The molecule has 0 bridgehead atoms. The molecule has 9 heteroatoms. The fourth-order valence-electron chi connectivity index (χ4n) is 1.61. The van der Waals surface area contributed by atoms with Crippen molar-refractivity contribution in [1.82, 2.24) is 10.0 Å². The molecule has 0 unspecified atom stereocenters. The smallest absolute Gasteiger partial charge is 0.251 e. The summed E-state index contributed by atoms with van der Waals surface area (Å²) >= 11 is 12.7. The molecule has 0 spiro atoms. The molecule has 0 saturated heterocycles. The Morgan fingerprint density at radius 1 is 1.18 bits per heavy atom. The van der Waals surface area contributed by atoms with E-state index in [1.54, 1.807) is 18.2 Å². The van der Waals surface area contributed by atoms with E-state index in [1.807, 2.05) is 0 Å². The van der Waals surface area contributed by atoms with Crippen LogP contribution in [0.25, 0.3) is 0 Å². The predicted octanol–water partition coefficient (Wildman–Crippen LogP) is 2.89. The molecule has 0 radical (unpaired) electrons. The molecule has 2 rings (SSSR count). The van der Waals surface area contributed by atoms with Crippen molar-refractivity contribution in [3.05, 3.63) is 50.8 Å². The number of nitrogens with one attached hydrogen (secondary N) is 2. The van der Waals surface area contributed by atoms with E-state index in [-0.39, 0.29) is 16.7 Å². The van der Waals surface area contributed by atoms with E-state index >= 15 is 0 Å². The van der Waals surface area contributed by atoms with Crippen molar-refractivity contribution in [3.8, 4) is 0 Å². The molecule has 0 aliphatic heterocycles. The van der Waals surface area contributed by atoms with Gasteiger partial charge >= 0.3 is 0 Å². The first kappa shape index (κ1) is 17.2. The van der Waals surface area contributed by atoms with Crippen molar-refractivity contribution in [3.63, 3.8) is 0 Å². The Balaban J connectivity index is 2.04. The Hall–Kier alpha value is -1.12. The molecule has 1 aromatic heterocycles. The Labute approximate surface area is 142 Å². The van der Waals surface area contributed by atoms with E-state index in [1.165, 1.54) is 19.2 Å². The molecular formula is C13H12Cl2N2O3S2. The molecule has 5 nitrogen and oxygen atoms in total. The van der Waals surface area contributed by atoms with E-state index in [9.17, 15) is 13.2 Å². The van der Waals surface area contributed by atoms with Gasteiger partial charge in [-0.15, -0.1) is 11.3 Å². The van der Waals surface area contributed by atoms with Crippen LogP contribution in [0.5, 0.6) is 0 Å². The van der Waals surface area contributed by atoms with Crippen LogP contribution < -0.4 is 10.0 Å². The highest BCUT2D eigenvalue weighted by Gasteiger charge is 2.15. The number of benzene rings is 1. The van der Waals surface area contributed by atoms with Crippen LogP contribution in [0.4, 0.5) is 0 Å². The highest BCUT2D eigenvalue weighted by Crippen LogP contribution is 2.23. The molecular weight excluding hydrogens is 367 g/mol. The van der Waals surface area contributed by atoms with Gasteiger partial charge in [0.05, 0.1) is 16.6 Å². The molecule has 1 amide bonds. The van der Waals surface area contributed by atoms with Crippen LogP contribution in [0.2, 0.25) is 10.0 Å². The SMILES string of the molecule is CNS(=O)(=O)c1ccc(CNC(=O)c2ccc(Cl)c(Cl)c2)s1. The van der Waals surface area contributed by atoms with Crippen LogP contribution >= 0.6 is 34.5 Å². The zero-order valence-electron chi connectivity index (χ0n) is 11.4. The fourth-order valence-corrected chi connectivity index (χ4v) is 4.04. The van der Waals surface area contributed by atoms with Gasteiger partial charge in [0.15, 0.2) is 0 Å². The summed E-state index contributed by atoms with van der Waals surface area (Å²) in [4.78, 5) is 12.7. The second-order valence-corrected chi connectivity index (χ2v) is 8.34. The zero-order valence-corrected chi connectivity index (χ0v) is 14.5. The van der Waals surface area contributed by atoms with Crippen LogP contribution in [0.15, 0.2) is 34.5 Å². The minimum Gasteiger partial charge on any atom is -0.347 e. The highest BCUT2D eigenvalue weighted by molar-refractivity contribution is 7.91. The molecule has 2 N–H and O–H groups in total. The van der Waals surface area contributed by atoms with Crippen molar-refractivity contribution in [2.45, 2.75) is 10.8 Å². The molecule has 0 aliphatic carbocycles. The Morgan fingerprint density at radius 3 is 2.55 bits per heavy atom. The van der Waals surface area contributed by atoms with Crippen molar-refractivity contribution < 1.29 is 13.2 Å². The minimum absolute atomic E-state index is 0.203. The minimum atomic E-state index is -3.45. The van der Waals surface area contributed by atoms with E-state index in [2.05, 4.69) is 10.0 Å². The Morgan fingerprint density at radius 2 is 1.91 bits per heavy atom. The Bertz CT molecular complexity index is 803. The predicted molar refractivity (Wildman–Crippen MR) is 88.2 cm³/mol. The largest absolute Gasteiger partial charge is 0.347 e. The normalized spacial score (nSPS) is 11.4. The molecule has 0 saturated carbocycles. The monoisotopic (exact) mass is 378 g/mol. The van der Waals surface area contributed by atoms with Crippen LogP contribution in [-0.2, 0) is 16.6 Å². The number of sulfonamides is 1. The zero-order chi connectivity index (χ0) is 16.3. The average Bonchev–Trinajstić information content (AvgIpc) is 2.97. The second-order valence-electron chi connectivity index (χ2n) is 4.24. The van der Waals surface area contributed by atoms with Gasteiger partial charge in [0, 0.05) is 10.4 Å². The maximum absolute atomic E-state index is 12.0. The third-order valence-electron chi connectivity index (χ3n) is 2.78. The summed E-state index contributed by atoms with van der Waals surface area (Å²) in [6.07, 6.45) is 0. The number of amides is 1. The molecule has 0 aliphatic rings. The summed E-state index contributed by atoms with van der Waals surface area (Å²) in [7, 11) is -2.11. The summed E-state index contributed by atoms with van der Waals surface area (Å²) in [6.45, 7) is 0.225. The third kappa shape index (κ3) is 3.99. The average molecular weight is 379 g/mol. The van der Waals surface area contributed by atoms with E-state index < -0.39 is 10.0 Å². The van der Waals surface area contributed by atoms with Gasteiger partial charge in [0.25, 0.3) is 5.91 Å². The summed E-state index contributed by atoms with van der Waals surface area (Å²) in [6, 6.07) is 7.74. The van der Waals surface area contributed by atoms with Gasteiger partial charge in [-0.05, 0) is 37.4 Å². The number of thiophene rings is 1. The van der Waals surface area contributed by atoms with Gasteiger partial charge < -0.3 is 5.32 Å². The molecule has 22 heavy (non-hydrogen) atoms. The molecule has 1 heterocycles. The molecule has 1 aromatic carbocycles. The summed E-state index contributed by atoms with van der Waals surface area (Å²) in [5, 5.41) is 3.37. The second kappa shape index (κ2) is 6.97. The number of halogens is 2. The van der Waals surface area contributed by atoms with E-state index in [0.29, 0.717) is 15.6 Å². The lowest BCUT2D eigenvalue weighted by Crippen LogP contribution is -2.22. The standard InChI is InChI=1S/C13H12Cl2N2O3S2/c1-16-22(19,20)12-5-3-9(21-12)7-17-13(18)8-2-4-10(14)11(15)6-8/h2-6,16H,7H2,1H3,(H,17,18). The maximum Gasteiger partial charge on any atom is 0.251 e. The van der Waals surface area contributed by atoms with Gasteiger partial charge in [-0.25, -0.2) is 13.1 Å². The van der Waals surface area contributed by atoms with Gasteiger partial charge in [-0.1, -0.05) is 23.2 Å². The first-order valence-electron chi connectivity index (χ1n) is 6.09. The molecule has 0 fully saturated rings. The highest BCUT2D eigenvalue weighted by atomic mass is 35.5. The van der Waals surface area contributed by atoms with Crippen molar-refractivity contribution in [1.29, 1.82) is 0 Å². The van der Waals surface area contributed by atoms with Crippen LogP contribution in [0, 0.1) is 0 Å². The summed E-state index contributed by atoms with van der Waals surface area (Å²) in [5.41, 5.74) is 0.383. The van der Waals surface area contributed by atoms with Gasteiger partial charge in [-0.3, -0.25) is 4.79 Å². The lowest BCUT2D eigenvalue weighted by Gasteiger charge is -2.05. The summed E-state index contributed by atoms with van der Waals surface area (Å²) in [5.74, 6) is -0.315. The molecule has 2 aromatic rings. The summed E-state index contributed by atoms with van der Waals surface area (Å²) < 4.78 is 25.7. The molecule has 0 atom stereocenters. The number of hydrogen-bond donors (Lipinski definition) is 2. The Kier molecular flexibility index (Phi) is 5.46. The molecule has 118 valence electrons. The number of carbonyl (C=O) groups is 1. The number of carbonyl (C=O) groups excluding carboxylic acids is 1. The lowest BCUT2D eigenvalue weighted by molar-refractivity contribution is 0.0951. The van der Waals surface area contributed by atoms with Crippen molar-refractivity contribution >= 4 is 50.5 Å². The van der Waals surface area contributed by atoms with E-state index in [4.69, 9.17) is 23.2 Å². The van der Waals surface area contributed by atoms with E-state index in [0.717, 1.165) is 16.2 Å². The van der Waals surface area contributed by atoms with Gasteiger partial charge in [0.2, 0.25) is 10.0 Å². The fraction of sp³-hybridized carbons (Fsp3) is 0.154. The number of rotatable bonds is 5. The topological polar surface area (TPSA) is 75.3 Å². The third-order valence-corrected chi connectivity index (χ3v) is 6.51. The van der Waals surface area contributed by atoms with Crippen LogP contribution in [0.3, 0.4) is 0 Å². The van der Waals surface area contributed by atoms with Crippen molar-refractivity contribution in [2.24, 2.45) is 0 Å².